The molecule has 0 aliphatic carbocycles. The molecule has 34 heavy (non-hydrogen) atoms. The van der Waals surface area contributed by atoms with E-state index in [1.165, 1.54) is 0 Å². The van der Waals surface area contributed by atoms with E-state index in [1.807, 2.05) is 36.4 Å². The second-order valence-electron chi connectivity index (χ2n) is 7.37. The van der Waals surface area contributed by atoms with Gasteiger partial charge in [-0.3, -0.25) is 14.4 Å². The molecule has 2 aromatic rings. The van der Waals surface area contributed by atoms with Crippen molar-refractivity contribution in [2.45, 2.75) is 0 Å². The summed E-state index contributed by atoms with van der Waals surface area (Å²) in [6, 6.07) is 14.4. The minimum atomic E-state index is -0.809. The molecule has 4 rings (SSSR count). The fraction of sp³-hybridized carbons (Fsp3) is 0.192. The number of amides is 2. The molecule has 0 aromatic heterocycles. The van der Waals surface area contributed by atoms with Crippen molar-refractivity contribution in [3.8, 4) is 23.7 Å². The van der Waals surface area contributed by atoms with Crippen LogP contribution in [-0.2, 0) is 14.3 Å². The van der Waals surface area contributed by atoms with E-state index in [-0.39, 0.29) is 18.2 Å². The summed E-state index contributed by atoms with van der Waals surface area (Å²) in [4.78, 5) is 44.4. The maximum atomic E-state index is 12.5. The average Bonchev–Trinajstić information content (AvgIpc) is 2.89. The second-order valence-corrected chi connectivity index (χ2v) is 7.37. The topological polar surface area (TPSA) is 100 Å². The molecule has 2 amide bonds. The van der Waals surface area contributed by atoms with Gasteiger partial charge in [0.15, 0.2) is 0 Å². The Bertz CT molecular complexity index is 1280. The molecule has 0 radical (unpaired) electrons. The Hall–Kier alpha value is -4.53. The highest BCUT2D eigenvalue weighted by Gasteiger charge is 2.22. The van der Waals surface area contributed by atoms with Crippen LogP contribution in [0.3, 0.4) is 0 Å². The van der Waals surface area contributed by atoms with Crippen molar-refractivity contribution in [2.24, 2.45) is 9.98 Å². The summed E-state index contributed by atoms with van der Waals surface area (Å²) >= 11 is 0. The van der Waals surface area contributed by atoms with Gasteiger partial charge in [0.25, 0.3) is 11.7 Å². The number of ketones is 1. The fourth-order valence-corrected chi connectivity index (χ4v) is 3.23. The standard InChI is InChI=1S/C26H20N4O4/c31-24-23(28-18-29-25(24)32)17-27-22-11-7-20(8-12-22)4-2-1-3-19-5-9-21(10-6-19)26(33)30-13-15-34-16-14-30/h5-12,18,27H,13-17H2. The molecular formula is C26H20N4O4. The van der Waals surface area contributed by atoms with Crippen molar-refractivity contribution in [1.82, 2.24) is 4.90 Å². The monoisotopic (exact) mass is 452 g/mol. The Balaban J connectivity index is 1.30. The minimum absolute atomic E-state index is 0.00111. The number of hydrogen-bond acceptors (Lipinski definition) is 6. The van der Waals surface area contributed by atoms with Gasteiger partial charge in [-0.05, 0) is 60.4 Å². The fourth-order valence-electron chi connectivity index (χ4n) is 3.23. The van der Waals surface area contributed by atoms with Crippen molar-refractivity contribution >= 4 is 35.3 Å². The third-order valence-electron chi connectivity index (χ3n) is 5.10. The number of anilines is 1. The summed E-state index contributed by atoms with van der Waals surface area (Å²) in [5.41, 5.74) is 3.06. The van der Waals surface area contributed by atoms with Crippen LogP contribution in [0.15, 0.2) is 58.5 Å². The number of rotatable bonds is 4. The van der Waals surface area contributed by atoms with Crippen LogP contribution in [-0.4, -0.2) is 67.4 Å². The number of morpholine rings is 1. The van der Waals surface area contributed by atoms with Crippen molar-refractivity contribution in [2.75, 3.05) is 38.2 Å². The van der Waals surface area contributed by atoms with Gasteiger partial charge in [0, 0.05) is 35.5 Å². The molecule has 0 saturated carbocycles. The summed E-state index contributed by atoms with van der Waals surface area (Å²) in [6.45, 7) is 2.49. The van der Waals surface area contributed by atoms with E-state index in [1.54, 1.807) is 17.0 Å². The molecule has 8 nitrogen and oxygen atoms in total. The van der Waals surface area contributed by atoms with Crippen LogP contribution in [0.4, 0.5) is 5.69 Å². The summed E-state index contributed by atoms with van der Waals surface area (Å²) in [7, 11) is 0. The van der Waals surface area contributed by atoms with E-state index < -0.39 is 11.7 Å². The Morgan fingerprint density at radius 1 is 0.941 bits per heavy atom. The molecule has 2 aromatic carbocycles. The first kappa shape index (κ1) is 22.7. The van der Waals surface area contributed by atoms with E-state index in [2.05, 4.69) is 39.0 Å². The van der Waals surface area contributed by atoms with Crippen molar-refractivity contribution in [1.29, 1.82) is 0 Å². The van der Waals surface area contributed by atoms with Crippen molar-refractivity contribution < 1.29 is 19.1 Å². The Morgan fingerprint density at radius 3 is 2.21 bits per heavy atom. The summed E-state index contributed by atoms with van der Waals surface area (Å²) in [5, 5.41) is 3.04. The van der Waals surface area contributed by atoms with Gasteiger partial charge in [0.2, 0.25) is 0 Å². The number of nitrogens with one attached hydrogen (secondary N) is 1. The number of nitrogens with zero attached hydrogens (tertiary/aromatic N) is 3. The van der Waals surface area contributed by atoms with E-state index in [4.69, 9.17) is 4.74 Å². The molecule has 0 spiro atoms. The maximum Gasteiger partial charge on any atom is 0.320 e. The van der Waals surface area contributed by atoms with Crippen LogP contribution in [0.1, 0.15) is 21.5 Å². The Morgan fingerprint density at radius 2 is 1.56 bits per heavy atom. The number of carbonyl (C=O) groups is 3. The first-order chi connectivity index (χ1) is 16.6. The van der Waals surface area contributed by atoms with E-state index in [0.717, 1.165) is 23.2 Å². The molecule has 0 unspecified atom stereocenters. The third-order valence-corrected chi connectivity index (χ3v) is 5.10. The van der Waals surface area contributed by atoms with Gasteiger partial charge in [0.1, 0.15) is 12.1 Å². The highest BCUT2D eigenvalue weighted by Crippen LogP contribution is 2.10. The van der Waals surface area contributed by atoms with E-state index in [0.29, 0.717) is 31.9 Å². The molecule has 0 bridgehead atoms. The third kappa shape index (κ3) is 5.83. The zero-order chi connectivity index (χ0) is 23.8. The number of carbonyl (C=O) groups excluding carboxylic acids is 3. The predicted molar refractivity (Wildman–Crippen MR) is 128 cm³/mol. The maximum absolute atomic E-state index is 12.5. The molecular weight excluding hydrogens is 432 g/mol. The average molecular weight is 452 g/mol. The molecule has 2 aliphatic heterocycles. The highest BCUT2D eigenvalue weighted by atomic mass is 16.5. The minimum Gasteiger partial charge on any atom is -0.379 e. The van der Waals surface area contributed by atoms with Gasteiger partial charge >= 0.3 is 5.91 Å². The largest absolute Gasteiger partial charge is 0.379 e. The van der Waals surface area contributed by atoms with Crippen LogP contribution < -0.4 is 5.32 Å². The molecule has 0 atom stereocenters. The van der Waals surface area contributed by atoms with Gasteiger partial charge < -0.3 is 15.0 Å². The van der Waals surface area contributed by atoms with Gasteiger partial charge in [-0.1, -0.05) is 11.8 Å². The number of benzene rings is 2. The van der Waals surface area contributed by atoms with Crippen LogP contribution in [0, 0.1) is 23.7 Å². The van der Waals surface area contributed by atoms with Gasteiger partial charge in [-0.2, -0.15) is 4.99 Å². The lowest BCUT2D eigenvalue weighted by atomic mass is 10.1. The van der Waals surface area contributed by atoms with Gasteiger partial charge in [-0.25, -0.2) is 4.99 Å². The molecule has 1 saturated heterocycles. The Kier molecular flexibility index (Phi) is 7.24. The summed E-state index contributed by atoms with van der Waals surface area (Å²) in [5.74, 6) is 10.1. The van der Waals surface area contributed by atoms with Gasteiger partial charge in [-0.15, -0.1) is 0 Å². The second kappa shape index (κ2) is 10.9. The molecule has 8 heteroatoms. The zero-order valence-corrected chi connectivity index (χ0v) is 18.2. The number of ether oxygens (including phenoxy) is 1. The van der Waals surface area contributed by atoms with Crippen LogP contribution in [0.25, 0.3) is 0 Å². The van der Waals surface area contributed by atoms with E-state index >= 15 is 0 Å². The molecule has 2 aliphatic rings. The van der Waals surface area contributed by atoms with Crippen LogP contribution >= 0.6 is 0 Å². The molecule has 2 heterocycles. The predicted octanol–water partition coefficient (Wildman–Crippen LogP) is 1.55. The first-order valence-corrected chi connectivity index (χ1v) is 10.6. The number of hydrogen-bond donors (Lipinski definition) is 1. The Labute approximate surface area is 196 Å². The van der Waals surface area contributed by atoms with Crippen LogP contribution in [0.2, 0.25) is 0 Å². The lowest BCUT2D eigenvalue weighted by Crippen LogP contribution is -2.40. The lowest BCUT2D eigenvalue weighted by molar-refractivity contribution is -0.132. The van der Waals surface area contributed by atoms with Crippen molar-refractivity contribution in [3.05, 3.63) is 65.2 Å². The summed E-state index contributed by atoms with van der Waals surface area (Å²) in [6.07, 6.45) is 1.08. The lowest BCUT2D eigenvalue weighted by Gasteiger charge is -2.26. The smallest absolute Gasteiger partial charge is 0.320 e. The SMILES string of the molecule is O=C1N=CN=C(CNc2ccc(C#CC#Cc3ccc(C(=O)N4CCOCC4)cc3)cc2)C1=O. The van der Waals surface area contributed by atoms with Gasteiger partial charge in [0.05, 0.1) is 19.8 Å². The quantitative estimate of drug-likeness (QED) is 0.561. The first-order valence-electron chi connectivity index (χ1n) is 10.6. The number of aliphatic imine (C=N–C) groups is 2. The van der Waals surface area contributed by atoms with Crippen molar-refractivity contribution in [3.63, 3.8) is 0 Å². The normalized spacial score (nSPS) is 14.9. The molecule has 168 valence electrons. The zero-order valence-electron chi connectivity index (χ0n) is 18.2. The molecule has 1 N–H and O–H groups in total. The van der Waals surface area contributed by atoms with E-state index in [9.17, 15) is 14.4 Å². The summed E-state index contributed by atoms with van der Waals surface area (Å²) < 4.78 is 5.28. The highest BCUT2D eigenvalue weighted by molar-refractivity contribution is 6.67. The van der Waals surface area contributed by atoms with Crippen LogP contribution in [0.5, 0.6) is 0 Å². The molecule has 1 fully saturated rings. The number of Topliss-reactive ketones (excluding diaryl/α,β-unsaturated/α-hetero) is 1.